The summed E-state index contributed by atoms with van der Waals surface area (Å²) in [5.74, 6) is 0.145. The molecule has 2 aromatic rings. The van der Waals surface area contributed by atoms with E-state index in [0.29, 0.717) is 18.5 Å². The Morgan fingerprint density at radius 1 is 1.35 bits per heavy atom. The van der Waals surface area contributed by atoms with Gasteiger partial charge in [-0.05, 0) is 31.4 Å². The Labute approximate surface area is 118 Å². The Morgan fingerprint density at radius 2 is 2.15 bits per heavy atom. The lowest BCUT2D eigenvalue weighted by atomic mass is 10.1. The van der Waals surface area contributed by atoms with Crippen LogP contribution in [0.25, 0.3) is 10.9 Å². The van der Waals surface area contributed by atoms with E-state index in [0.717, 1.165) is 16.6 Å². The van der Waals surface area contributed by atoms with E-state index < -0.39 is 0 Å². The van der Waals surface area contributed by atoms with Crippen LogP contribution in [0.15, 0.2) is 30.3 Å². The molecular formula is C16H20N2O2. The zero-order chi connectivity index (χ0) is 14.5. The smallest absolute Gasteiger partial charge is 0.253 e. The molecule has 1 amide bonds. The zero-order valence-electron chi connectivity index (χ0n) is 11.9. The number of aromatic nitrogens is 1. The summed E-state index contributed by atoms with van der Waals surface area (Å²) >= 11 is 0. The number of benzene rings is 1. The molecule has 0 bridgehead atoms. The summed E-state index contributed by atoms with van der Waals surface area (Å²) in [6, 6.07) is 9.52. The van der Waals surface area contributed by atoms with E-state index >= 15 is 0 Å². The lowest BCUT2D eigenvalue weighted by molar-refractivity contribution is 0.0947. The van der Waals surface area contributed by atoms with Crippen LogP contribution in [-0.4, -0.2) is 29.1 Å². The number of nitrogens with one attached hydrogen (secondary N) is 1. The summed E-state index contributed by atoms with van der Waals surface area (Å²) in [4.78, 5) is 16.7. The lowest BCUT2D eigenvalue weighted by Gasteiger charge is -2.12. The molecule has 1 aromatic heterocycles. The summed E-state index contributed by atoms with van der Waals surface area (Å²) in [6.07, 6.45) is 0.688. The van der Waals surface area contributed by atoms with Crippen LogP contribution in [0.5, 0.6) is 0 Å². The minimum absolute atomic E-state index is 0.113. The number of rotatable bonds is 5. The SMILES string of the molecule is Cc1ccc2cccc(C(=O)NCC(C)CCO)c2n1. The second-order valence-corrected chi connectivity index (χ2v) is 5.16. The van der Waals surface area contributed by atoms with Crippen LogP contribution in [0.1, 0.15) is 29.4 Å². The van der Waals surface area contributed by atoms with Gasteiger partial charge in [0, 0.05) is 24.2 Å². The van der Waals surface area contributed by atoms with Crippen LogP contribution in [-0.2, 0) is 0 Å². The van der Waals surface area contributed by atoms with Gasteiger partial charge in [0.1, 0.15) is 0 Å². The molecule has 0 saturated heterocycles. The molecule has 0 spiro atoms. The summed E-state index contributed by atoms with van der Waals surface area (Å²) in [5, 5.41) is 12.7. The van der Waals surface area contributed by atoms with E-state index in [-0.39, 0.29) is 18.4 Å². The highest BCUT2D eigenvalue weighted by Gasteiger charge is 2.12. The monoisotopic (exact) mass is 272 g/mol. The van der Waals surface area contributed by atoms with Gasteiger partial charge in [-0.1, -0.05) is 25.1 Å². The van der Waals surface area contributed by atoms with Gasteiger partial charge in [-0.25, -0.2) is 0 Å². The van der Waals surface area contributed by atoms with Crippen LogP contribution in [0.2, 0.25) is 0 Å². The van der Waals surface area contributed by atoms with E-state index in [1.807, 2.05) is 38.1 Å². The molecule has 2 N–H and O–H groups in total. The van der Waals surface area contributed by atoms with Gasteiger partial charge >= 0.3 is 0 Å². The van der Waals surface area contributed by atoms with Crippen LogP contribution in [0, 0.1) is 12.8 Å². The first-order valence-electron chi connectivity index (χ1n) is 6.87. The molecule has 0 aliphatic carbocycles. The van der Waals surface area contributed by atoms with Gasteiger partial charge in [0.15, 0.2) is 0 Å². The van der Waals surface area contributed by atoms with Crippen molar-refractivity contribution in [1.82, 2.24) is 10.3 Å². The molecular weight excluding hydrogens is 252 g/mol. The largest absolute Gasteiger partial charge is 0.396 e. The van der Waals surface area contributed by atoms with E-state index in [9.17, 15) is 4.79 Å². The third-order valence-corrected chi connectivity index (χ3v) is 3.34. The summed E-state index contributed by atoms with van der Waals surface area (Å²) < 4.78 is 0. The van der Waals surface area contributed by atoms with Crippen LogP contribution in [0.3, 0.4) is 0 Å². The number of amides is 1. The van der Waals surface area contributed by atoms with Crippen molar-refractivity contribution in [3.8, 4) is 0 Å². The molecule has 0 aliphatic rings. The van der Waals surface area contributed by atoms with Gasteiger partial charge in [0.25, 0.3) is 5.91 Å². The van der Waals surface area contributed by atoms with E-state index in [1.165, 1.54) is 0 Å². The molecule has 0 aliphatic heterocycles. The van der Waals surface area contributed by atoms with Gasteiger partial charge in [-0.15, -0.1) is 0 Å². The second kappa shape index (κ2) is 6.48. The van der Waals surface area contributed by atoms with Gasteiger partial charge in [-0.2, -0.15) is 0 Å². The van der Waals surface area contributed by atoms with Crippen molar-refractivity contribution in [1.29, 1.82) is 0 Å². The van der Waals surface area contributed by atoms with Crippen LogP contribution in [0.4, 0.5) is 0 Å². The lowest BCUT2D eigenvalue weighted by Crippen LogP contribution is -2.28. The number of aliphatic hydroxyl groups is 1. The summed E-state index contributed by atoms with van der Waals surface area (Å²) in [7, 11) is 0. The van der Waals surface area contributed by atoms with Gasteiger partial charge in [0.05, 0.1) is 11.1 Å². The van der Waals surface area contributed by atoms with Gasteiger partial charge < -0.3 is 10.4 Å². The third-order valence-electron chi connectivity index (χ3n) is 3.34. The van der Waals surface area contributed by atoms with Crippen molar-refractivity contribution in [3.05, 3.63) is 41.6 Å². The fourth-order valence-electron chi connectivity index (χ4n) is 2.11. The van der Waals surface area contributed by atoms with Crippen molar-refractivity contribution < 1.29 is 9.90 Å². The number of aliphatic hydroxyl groups excluding tert-OH is 1. The first kappa shape index (κ1) is 14.5. The molecule has 2 rings (SSSR count). The highest BCUT2D eigenvalue weighted by atomic mass is 16.3. The quantitative estimate of drug-likeness (QED) is 0.878. The minimum atomic E-state index is -0.113. The predicted molar refractivity (Wildman–Crippen MR) is 79.7 cm³/mol. The molecule has 1 atom stereocenters. The molecule has 1 heterocycles. The Balaban J connectivity index is 2.19. The zero-order valence-corrected chi connectivity index (χ0v) is 11.9. The Hall–Kier alpha value is -1.94. The maximum Gasteiger partial charge on any atom is 0.253 e. The molecule has 20 heavy (non-hydrogen) atoms. The third kappa shape index (κ3) is 3.33. The van der Waals surface area contributed by atoms with E-state index in [4.69, 9.17) is 5.11 Å². The van der Waals surface area contributed by atoms with Crippen molar-refractivity contribution in [2.75, 3.05) is 13.2 Å². The molecule has 0 saturated carbocycles. The number of hydrogen-bond donors (Lipinski definition) is 2. The summed E-state index contributed by atoms with van der Waals surface area (Å²) in [5.41, 5.74) is 2.23. The number of carbonyl (C=O) groups is 1. The van der Waals surface area contributed by atoms with E-state index in [2.05, 4.69) is 10.3 Å². The maximum atomic E-state index is 12.3. The fraction of sp³-hybridized carbons (Fsp3) is 0.375. The topological polar surface area (TPSA) is 62.2 Å². The fourth-order valence-corrected chi connectivity index (χ4v) is 2.11. The number of carbonyl (C=O) groups excluding carboxylic acids is 1. The maximum absolute atomic E-state index is 12.3. The first-order valence-corrected chi connectivity index (χ1v) is 6.87. The summed E-state index contributed by atoms with van der Waals surface area (Å²) in [6.45, 7) is 4.62. The average Bonchev–Trinajstić information content (AvgIpc) is 2.44. The molecule has 0 fully saturated rings. The number of hydrogen-bond acceptors (Lipinski definition) is 3. The van der Waals surface area contributed by atoms with Crippen LogP contribution >= 0.6 is 0 Å². The number of fused-ring (bicyclic) bond motifs is 1. The number of pyridine rings is 1. The molecule has 1 aromatic carbocycles. The molecule has 0 radical (unpaired) electrons. The van der Waals surface area contributed by atoms with Crippen LogP contribution < -0.4 is 5.32 Å². The van der Waals surface area contributed by atoms with E-state index in [1.54, 1.807) is 6.07 Å². The molecule has 1 unspecified atom stereocenters. The molecule has 106 valence electrons. The first-order chi connectivity index (χ1) is 9.61. The molecule has 4 heteroatoms. The highest BCUT2D eigenvalue weighted by Crippen LogP contribution is 2.17. The second-order valence-electron chi connectivity index (χ2n) is 5.16. The minimum Gasteiger partial charge on any atom is -0.396 e. The van der Waals surface area contributed by atoms with Crippen molar-refractivity contribution in [2.24, 2.45) is 5.92 Å². The Kier molecular flexibility index (Phi) is 4.69. The van der Waals surface area contributed by atoms with Gasteiger partial charge in [0.2, 0.25) is 0 Å². The number of nitrogens with zero attached hydrogens (tertiary/aromatic N) is 1. The van der Waals surface area contributed by atoms with Crippen molar-refractivity contribution in [2.45, 2.75) is 20.3 Å². The molecule has 4 nitrogen and oxygen atoms in total. The van der Waals surface area contributed by atoms with Gasteiger partial charge in [-0.3, -0.25) is 9.78 Å². The normalized spacial score (nSPS) is 12.3. The standard InChI is InChI=1S/C16H20N2O2/c1-11(8-9-19)10-17-16(20)14-5-3-4-13-7-6-12(2)18-15(13)14/h3-7,11,19H,8-10H2,1-2H3,(H,17,20). The van der Waals surface area contributed by atoms with Crippen molar-refractivity contribution >= 4 is 16.8 Å². The average molecular weight is 272 g/mol. The number of para-hydroxylation sites is 1. The highest BCUT2D eigenvalue weighted by molar-refractivity contribution is 6.05. The predicted octanol–water partition coefficient (Wildman–Crippen LogP) is 2.29. The Morgan fingerprint density at radius 3 is 2.90 bits per heavy atom. The Bertz CT molecular complexity index is 610. The van der Waals surface area contributed by atoms with Crippen molar-refractivity contribution in [3.63, 3.8) is 0 Å². The number of aryl methyl sites for hydroxylation is 1.